The fraction of sp³-hybridized carbons (Fsp3) is 0.278. The van der Waals surface area contributed by atoms with Gasteiger partial charge in [0.15, 0.2) is 0 Å². The monoisotopic (exact) mass is 292 g/mol. The second kappa shape index (κ2) is 3.42. The Morgan fingerprint density at radius 3 is 2.27 bits per heavy atom. The van der Waals surface area contributed by atoms with Gasteiger partial charge >= 0.3 is 5.97 Å². The summed E-state index contributed by atoms with van der Waals surface area (Å²) >= 11 is 0. The third kappa shape index (κ3) is 1.20. The zero-order valence-electron chi connectivity index (χ0n) is 11.8. The Bertz CT molecular complexity index is 871. The number of hydrogen-bond acceptors (Lipinski definition) is 4. The number of hydrogen-bond donors (Lipinski definition) is 0. The van der Waals surface area contributed by atoms with Crippen LogP contribution in [0.2, 0.25) is 0 Å². The van der Waals surface area contributed by atoms with E-state index in [0.717, 1.165) is 5.56 Å². The molecule has 4 heteroatoms. The molecule has 4 aliphatic rings. The van der Waals surface area contributed by atoms with Crippen LogP contribution in [-0.4, -0.2) is 5.97 Å². The van der Waals surface area contributed by atoms with E-state index in [2.05, 4.69) is 18.2 Å². The number of carbonyl (C=O) groups is 1. The average molecular weight is 292 g/mol. The van der Waals surface area contributed by atoms with Crippen LogP contribution in [0.15, 0.2) is 30.3 Å². The van der Waals surface area contributed by atoms with Gasteiger partial charge in [0.25, 0.3) is 0 Å². The maximum absolute atomic E-state index is 11.4. The van der Waals surface area contributed by atoms with Crippen molar-refractivity contribution in [1.82, 2.24) is 0 Å². The molecule has 2 heterocycles. The van der Waals surface area contributed by atoms with E-state index in [9.17, 15) is 4.79 Å². The van der Waals surface area contributed by atoms with Crippen LogP contribution >= 0.6 is 0 Å². The van der Waals surface area contributed by atoms with Gasteiger partial charge in [-0.2, -0.15) is 0 Å². The Balaban J connectivity index is 1.72. The Hall–Kier alpha value is -2.17. The minimum absolute atomic E-state index is 0.00218. The molecule has 0 aromatic heterocycles. The van der Waals surface area contributed by atoms with Crippen LogP contribution in [0.3, 0.4) is 0 Å². The van der Waals surface area contributed by atoms with Crippen molar-refractivity contribution in [3.8, 4) is 16.9 Å². The molecule has 2 saturated heterocycles. The number of benzene rings is 2. The van der Waals surface area contributed by atoms with Gasteiger partial charge in [0.2, 0.25) is 0 Å². The van der Waals surface area contributed by atoms with Gasteiger partial charge in [0.1, 0.15) is 30.2 Å². The lowest BCUT2D eigenvalue weighted by Crippen LogP contribution is -2.12. The highest BCUT2D eigenvalue weighted by Gasteiger charge is 2.56. The van der Waals surface area contributed by atoms with Crippen LogP contribution in [0.25, 0.3) is 11.1 Å². The molecule has 6 rings (SSSR count). The van der Waals surface area contributed by atoms with Gasteiger partial charge in [-0.3, -0.25) is 4.79 Å². The molecule has 2 fully saturated rings. The summed E-state index contributed by atoms with van der Waals surface area (Å²) in [6, 6.07) is 10.3. The Morgan fingerprint density at radius 1 is 0.909 bits per heavy atom. The molecule has 0 unspecified atom stereocenters. The van der Waals surface area contributed by atoms with Gasteiger partial charge in [-0.25, -0.2) is 0 Å². The average Bonchev–Trinajstić information content (AvgIpc) is 3.39. The zero-order chi connectivity index (χ0) is 14.6. The largest absolute Gasteiger partial charge is 0.426 e. The second-order valence-electron chi connectivity index (χ2n) is 6.30. The zero-order valence-corrected chi connectivity index (χ0v) is 11.8. The van der Waals surface area contributed by atoms with Crippen LogP contribution in [0.4, 0.5) is 0 Å². The van der Waals surface area contributed by atoms with Gasteiger partial charge in [-0.05, 0) is 33.9 Å². The smallest absolute Gasteiger partial charge is 0.308 e. The fourth-order valence-corrected chi connectivity index (χ4v) is 4.17. The molecule has 0 spiro atoms. The summed E-state index contributed by atoms with van der Waals surface area (Å²) in [5.41, 5.74) is 7.10. The Kier molecular flexibility index (Phi) is 1.77. The van der Waals surface area contributed by atoms with E-state index in [1.54, 1.807) is 0 Å². The molecule has 0 radical (unpaired) electrons. The van der Waals surface area contributed by atoms with Gasteiger partial charge in [0.05, 0.1) is 0 Å². The minimum Gasteiger partial charge on any atom is -0.426 e. The number of fused-ring (bicyclic) bond motifs is 6. The van der Waals surface area contributed by atoms with Crippen molar-refractivity contribution < 1.29 is 19.0 Å². The summed E-state index contributed by atoms with van der Waals surface area (Å²) < 4.78 is 17.2. The second-order valence-corrected chi connectivity index (χ2v) is 6.30. The van der Waals surface area contributed by atoms with Crippen LogP contribution in [0, 0.1) is 0 Å². The maximum Gasteiger partial charge on any atom is 0.308 e. The minimum atomic E-state index is -0.302. The van der Waals surface area contributed by atoms with E-state index in [1.165, 1.54) is 34.7 Å². The molecule has 0 amide bonds. The summed E-state index contributed by atoms with van der Waals surface area (Å²) in [4.78, 5) is 11.4. The molecule has 2 aromatic rings. The van der Waals surface area contributed by atoms with Gasteiger partial charge in [-0.15, -0.1) is 0 Å². The van der Waals surface area contributed by atoms with Gasteiger partial charge in [0, 0.05) is 12.5 Å². The number of ether oxygens (including phenoxy) is 3. The third-order valence-electron chi connectivity index (χ3n) is 5.06. The van der Waals surface area contributed by atoms with E-state index >= 15 is 0 Å². The SMILES string of the molecule is CC(=O)Oc1ccc2c3c1[C@@H]1O[C@@H]1c1cccc(c1-3)[C@@H]1O[C@H]21. The molecule has 0 saturated carbocycles. The van der Waals surface area contributed by atoms with Crippen molar-refractivity contribution in [1.29, 1.82) is 0 Å². The predicted octanol–water partition coefficient (Wildman–Crippen LogP) is 3.53. The summed E-state index contributed by atoms with van der Waals surface area (Å²) in [5.74, 6) is 0.321. The molecule has 4 nitrogen and oxygen atoms in total. The molecular formula is C18H12O4. The van der Waals surface area contributed by atoms with Crippen LogP contribution in [0.5, 0.6) is 5.75 Å². The van der Waals surface area contributed by atoms with E-state index < -0.39 is 0 Å². The van der Waals surface area contributed by atoms with E-state index in [4.69, 9.17) is 14.2 Å². The first-order valence-corrected chi connectivity index (χ1v) is 7.53. The van der Waals surface area contributed by atoms with Crippen molar-refractivity contribution >= 4 is 5.97 Å². The molecule has 0 N–H and O–H groups in total. The van der Waals surface area contributed by atoms with E-state index in [-0.39, 0.29) is 30.4 Å². The molecule has 2 aliphatic heterocycles. The fourth-order valence-electron chi connectivity index (χ4n) is 4.17. The van der Waals surface area contributed by atoms with Crippen molar-refractivity contribution in [3.63, 3.8) is 0 Å². The van der Waals surface area contributed by atoms with Crippen LogP contribution < -0.4 is 4.74 Å². The summed E-state index contributed by atoms with van der Waals surface area (Å²) in [7, 11) is 0. The third-order valence-corrected chi connectivity index (χ3v) is 5.06. The van der Waals surface area contributed by atoms with Crippen molar-refractivity contribution in [3.05, 3.63) is 52.6 Å². The molecule has 0 bridgehead atoms. The predicted molar refractivity (Wildman–Crippen MR) is 76.3 cm³/mol. The van der Waals surface area contributed by atoms with E-state index in [0.29, 0.717) is 5.75 Å². The highest BCUT2D eigenvalue weighted by molar-refractivity contribution is 5.87. The van der Waals surface area contributed by atoms with Crippen LogP contribution in [-0.2, 0) is 14.3 Å². The number of rotatable bonds is 1. The van der Waals surface area contributed by atoms with Crippen LogP contribution in [0.1, 0.15) is 53.6 Å². The molecule has 22 heavy (non-hydrogen) atoms. The highest BCUT2D eigenvalue weighted by atomic mass is 16.6. The Labute approximate surface area is 126 Å². The number of epoxide rings is 2. The first-order valence-electron chi connectivity index (χ1n) is 7.53. The van der Waals surface area contributed by atoms with Gasteiger partial charge in [-0.1, -0.05) is 24.3 Å². The standard InChI is InChI=1S/C18H12O4/c1-7(19)20-11-6-5-10-13-12-8(15-16(10)21-15)3-2-4-9(12)17-18(22-17)14(11)13/h2-6,15-18H,1H3/t15-,16+,17+,18-/m0/s1. The topological polar surface area (TPSA) is 51.4 Å². The lowest BCUT2D eigenvalue weighted by Gasteiger charge is -2.26. The number of esters is 1. The number of carbonyl (C=O) groups excluding carboxylic acids is 1. The van der Waals surface area contributed by atoms with Crippen molar-refractivity contribution in [2.24, 2.45) is 0 Å². The molecular weight excluding hydrogens is 280 g/mol. The van der Waals surface area contributed by atoms with Crippen molar-refractivity contribution in [2.75, 3.05) is 0 Å². The molecule has 2 aliphatic carbocycles. The Morgan fingerprint density at radius 2 is 1.55 bits per heavy atom. The van der Waals surface area contributed by atoms with Gasteiger partial charge < -0.3 is 14.2 Å². The first-order chi connectivity index (χ1) is 10.7. The lowest BCUT2D eigenvalue weighted by molar-refractivity contribution is -0.131. The maximum atomic E-state index is 11.4. The first kappa shape index (κ1) is 11.4. The molecule has 108 valence electrons. The summed E-state index contributed by atoms with van der Waals surface area (Å²) in [6.07, 6.45) is 0.396. The quantitative estimate of drug-likeness (QED) is 0.458. The normalized spacial score (nSPS) is 30.8. The lowest BCUT2D eigenvalue weighted by atomic mass is 9.75. The molecule has 2 aromatic carbocycles. The summed E-state index contributed by atoms with van der Waals surface area (Å²) in [5, 5.41) is 0. The molecule has 4 atom stereocenters. The van der Waals surface area contributed by atoms with Crippen molar-refractivity contribution in [2.45, 2.75) is 31.3 Å². The summed E-state index contributed by atoms with van der Waals surface area (Å²) in [6.45, 7) is 1.43. The highest BCUT2D eigenvalue weighted by Crippen LogP contribution is 2.69. The van der Waals surface area contributed by atoms with E-state index in [1.807, 2.05) is 12.1 Å².